The second-order valence-corrected chi connectivity index (χ2v) is 7.79. The Morgan fingerprint density at radius 2 is 1.84 bits per heavy atom. The maximum absolute atomic E-state index is 13.6. The fourth-order valence-electron chi connectivity index (χ4n) is 3.93. The van der Waals surface area contributed by atoms with E-state index in [1.807, 2.05) is 30.0 Å². The number of rotatable bonds is 4. The largest absolute Gasteiger partial charge is 0.433 e. The molecule has 2 aromatic heterocycles. The summed E-state index contributed by atoms with van der Waals surface area (Å²) >= 11 is 0. The SMILES string of the molecule is CC1CN(Cc2ccccc2)CCCN1c1cc(C(F)(F)F)nc(-c2cccnc2)n1. The zero-order valence-corrected chi connectivity index (χ0v) is 17.3. The van der Waals surface area contributed by atoms with E-state index in [9.17, 15) is 13.2 Å². The minimum atomic E-state index is -4.55. The molecule has 3 aromatic rings. The van der Waals surface area contributed by atoms with E-state index >= 15 is 0 Å². The number of alkyl halides is 3. The molecule has 0 amide bonds. The Balaban J connectivity index is 1.62. The molecule has 1 atom stereocenters. The molecule has 0 N–H and O–H groups in total. The summed E-state index contributed by atoms with van der Waals surface area (Å²) < 4.78 is 40.7. The van der Waals surface area contributed by atoms with Crippen LogP contribution in [0.3, 0.4) is 0 Å². The van der Waals surface area contributed by atoms with E-state index in [-0.39, 0.29) is 11.9 Å². The predicted molar refractivity (Wildman–Crippen MR) is 113 cm³/mol. The van der Waals surface area contributed by atoms with Gasteiger partial charge in [0.05, 0.1) is 0 Å². The summed E-state index contributed by atoms with van der Waals surface area (Å²) in [5.41, 5.74) is 0.750. The standard InChI is InChI=1S/C23H24F3N5/c1-17-15-30(16-18-7-3-2-4-8-18)11-6-12-31(17)21-13-20(23(24,25)26)28-22(29-21)19-9-5-10-27-14-19/h2-5,7-10,13-14,17H,6,11-12,15-16H2,1H3. The van der Waals surface area contributed by atoms with Crippen LogP contribution in [0.4, 0.5) is 19.0 Å². The highest BCUT2D eigenvalue weighted by atomic mass is 19.4. The molecule has 3 heterocycles. The molecule has 4 rings (SSSR count). The highest BCUT2D eigenvalue weighted by Crippen LogP contribution is 2.32. The number of anilines is 1. The van der Waals surface area contributed by atoms with Crippen molar-refractivity contribution in [1.29, 1.82) is 0 Å². The van der Waals surface area contributed by atoms with Gasteiger partial charge in [-0.25, -0.2) is 9.97 Å². The van der Waals surface area contributed by atoms with E-state index in [1.165, 1.54) is 11.8 Å². The summed E-state index contributed by atoms with van der Waals surface area (Å²) in [6, 6.07) is 14.6. The van der Waals surface area contributed by atoms with Crippen molar-refractivity contribution in [3.05, 3.63) is 72.2 Å². The molecule has 8 heteroatoms. The first-order valence-corrected chi connectivity index (χ1v) is 10.3. The average Bonchev–Trinajstić information content (AvgIpc) is 2.95. The maximum atomic E-state index is 13.6. The number of hydrogen-bond donors (Lipinski definition) is 0. The summed E-state index contributed by atoms with van der Waals surface area (Å²) in [5, 5.41) is 0. The molecule has 31 heavy (non-hydrogen) atoms. The second kappa shape index (κ2) is 9.01. The molecule has 0 bridgehead atoms. The van der Waals surface area contributed by atoms with E-state index in [0.29, 0.717) is 17.9 Å². The number of hydrogen-bond acceptors (Lipinski definition) is 5. The molecule has 0 aliphatic carbocycles. The number of nitrogens with zero attached hydrogens (tertiary/aromatic N) is 5. The van der Waals surface area contributed by atoms with Gasteiger partial charge >= 0.3 is 6.18 Å². The van der Waals surface area contributed by atoms with Crippen LogP contribution in [0.2, 0.25) is 0 Å². The molecule has 0 radical (unpaired) electrons. The third-order valence-corrected chi connectivity index (χ3v) is 5.39. The first kappa shape index (κ1) is 21.2. The van der Waals surface area contributed by atoms with Crippen molar-refractivity contribution in [2.24, 2.45) is 0 Å². The first-order chi connectivity index (χ1) is 14.9. The second-order valence-electron chi connectivity index (χ2n) is 7.79. The molecule has 5 nitrogen and oxygen atoms in total. The van der Waals surface area contributed by atoms with Crippen LogP contribution in [0, 0.1) is 0 Å². The van der Waals surface area contributed by atoms with Gasteiger partial charge in [-0.2, -0.15) is 13.2 Å². The molecule has 1 unspecified atom stereocenters. The Bertz CT molecular complexity index is 995. The van der Waals surface area contributed by atoms with Gasteiger partial charge in [-0.05, 0) is 31.0 Å². The Labute approximate surface area is 179 Å². The van der Waals surface area contributed by atoms with Crippen LogP contribution in [-0.2, 0) is 12.7 Å². The van der Waals surface area contributed by atoms with Gasteiger partial charge in [0.2, 0.25) is 0 Å². The zero-order chi connectivity index (χ0) is 21.8. The lowest BCUT2D eigenvalue weighted by Crippen LogP contribution is -2.39. The van der Waals surface area contributed by atoms with Crippen LogP contribution in [0.25, 0.3) is 11.4 Å². The fraction of sp³-hybridized carbons (Fsp3) is 0.348. The Kier molecular flexibility index (Phi) is 6.18. The molecule has 1 aromatic carbocycles. The van der Waals surface area contributed by atoms with E-state index in [0.717, 1.165) is 32.1 Å². The quantitative estimate of drug-likeness (QED) is 0.606. The lowest BCUT2D eigenvalue weighted by atomic mass is 10.2. The van der Waals surface area contributed by atoms with Crippen molar-refractivity contribution in [3.8, 4) is 11.4 Å². The summed E-state index contributed by atoms with van der Waals surface area (Å²) in [7, 11) is 0. The smallest absolute Gasteiger partial charge is 0.352 e. The number of benzene rings is 1. The fourth-order valence-corrected chi connectivity index (χ4v) is 3.93. The zero-order valence-electron chi connectivity index (χ0n) is 17.3. The van der Waals surface area contributed by atoms with E-state index in [4.69, 9.17) is 0 Å². The van der Waals surface area contributed by atoms with E-state index in [2.05, 4.69) is 32.0 Å². The summed E-state index contributed by atoms with van der Waals surface area (Å²) in [6.45, 7) is 5.10. The molecule has 0 saturated carbocycles. The average molecular weight is 427 g/mol. The van der Waals surface area contributed by atoms with Crippen molar-refractivity contribution in [2.75, 3.05) is 24.5 Å². The molecule has 1 saturated heterocycles. The molecule has 1 fully saturated rings. The van der Waals surface area contributed by atoms with Crippen LogP contribution in [0.15, 0.2) is 60.9 Å². The lowest BCUT2D eigenvalue weighted by Gasteiger charge is -2.30. The Morgan fingerprint density at radius 3 is 2.55 bits per heavy atom. The van der Waals surface area contributed by atoms with Gasteiger partial charge in [-0.3, -0.25) is 9.88 Å². The Morgan fingerprint density at radius 1 is 1.03 bits per heavy atom. The third-order valence-electron chi connectivity index (χ3n) is 5.39. The van der Waals surface area contributed by atoms with Gasteiger partial charge in [0.1, 0.15) is 5.82 Å². The normalized spacial score (nSPS) is 18.1. The van der Waals surface area contributed by atoms with Gasteiger partial charge in [0.25, 0.3) is 0 Å². The molecule has 0 spiro atoms. The van der Waals surface area contributed by atoms with E-state index < -0.39 is 11.9 Å². The van der Waals surface area contributed by atoms with Gasteiger partial charge in [-0.1, -0.05) is 30.3 Å². The van der Waals surface area contributed by atoms with Gasteiger partial charge < -0.3 is 4.90 Å². The molecular weight excluding hydrogens is 403 g/mol. The molecular formula is C23H24F3N5. The van der Waals surface area contributed by atoms with Crippen LogP contribution >= 0.6 is 0 Å². The highest BCUT2D eigenvalue weighted by Gasteiger charge is 2.35. The molecule has 162 valence electrons. The minimum absolute atomic E-state index is 0.00365. The molecule has 1 aliphatic heterocycles. The van der Waals surface area contributed by atoms with Crippen LogP contribution in [0.1, 0.15) is 24.6 Å². The third kappa shape index (κ3) is 5.19. The van der Waals surface area contributed by atoms with Crippen molar-refractivity contribution in [3.63, 3.8) is 0 Å². The minimum Gasteiger partial charge on any atom is -0.352 e. The van der Waals surface area contributed by atoms with Crippen molar-refractivity contribution < 1.29 is 13.2 Å². The van der Waals surface area contributed by atoms with E-state index in [1.54, 1.807) is 18.3 Å². The number of pyridine rings is 1. The monoisotopic (exact) mass is 427 g/mol. The summed E-state index contributed by atoms with van der Waals surface area (Å²) in [5.74, 6) is 0.339. The van der Waals surface area contributed by atoms with Gasteiger partial charge in [-0.15, -0.1) is 0 Å². The summed E-state index contributed by atoms with van der Waals surface area (Å²) in [6.07, 6.45) is -0.670. The van der Waals surface area contributed by atoms with Gasteiger partial charge in [0, 0.05) is 56.2 Å². The summed E-state index contributed by atoms with van der Waals surface area (Å²) in [4.78, 5) is 16.6. The van der Waals surface area contributed by atoms with Crippen LogP contribution in [-0.4, -0.2) is 45.5 Å². The Hall–Kier alpha value is -3.00. The van der Waals surface area contributed by atoms with Crippen LogP contribution in [0.5, 0.6) is 0 Å². The topological polar surface area (TPSA) is 45.2 Å². The highest BCUT2D eigenvalue weighted by molar-refractivity contribution is 5.57. The number of halogens is 3. The number of aromatic nitrogens is 3. The van der Waals surface area contributed by atoms with Crippen LogP contribution < -0.4 is 4.90 Å². The van der Waals surface area contributed by atoms with Crippen molar-refractivity contribution in [2.45, 2.75) is 32.1 Å². The lowest BCUT2D eigenvalue weighted by molar-refractivity contribution is -0.141. The first-order valence-electron chi connectivity index (χ1n) is 10.3. The van der Waals surface area contributed by atoms with Crippen molar-refractivity contribution in [1.82, 2.24) is 19.9 Å². The predicted octanol–water partition coefficient (Wildman–Crippen LogP) is 4.66. The maximum Gasteiger partial charge on any atom is 0.433 e. The van der Waals surface area contributed by atoms with Gasteiger partial charge in [0.15, 0.2) is 11.5 Å². The van der Waals surface area contributed by atoms with Crippen molar-refractivity contribution >= 4 is 5.82 Å². The molecule has 1 aliphatic rings.